The van der Waals surface area contributed by atoms with Gasteiger partial charge in [-0.25, -0.2) is 0 Å². The summed E-state index contributed by atoms with van der Waals surface area (Å²) in [7, 11) is 0. The molecule has 2 heterocycles. The minimum absolute atomic E-state index is 0.760. The summed E-state index contributed by atoms with van der Waals surface area (Å²) < 4.78 is 5.79. The zero-order chi connectivity index (χ0) is 14.4. The van der Waals surface area contributed by atoms with Crippen LogP contribution in [0.3, 0.4) is 0 Å². The van der Waals surface area contributed by atoms with Gasteiger partial charge in [0.05, 0.1) is 6.61 Å². The highest BCUT2D eigenvalue weighted by atomic mass is 35.5. The van der Waals surface area contributed by atoms with Gasteiger partial charge in [0.15, 0.2) is 0 Å². The summed E-state index contributed by atoms with van der Waals surface area (Å²) in [5.41, 5.74) is 12.0. The van der Waals surface area contributed by atoms with Gasteiger partial charge in [0.25, 0.3) is 0 Å². The van der Waals surface area contributed by atoms with Crippen molar-refractivity contribution in [1.29, 1.82) is 0 Å². The molecule has 0 radical (unpaired) electrons. The fraction of sp³-hybridized carbons (Fsp3) is 0.294. The number of rotatable bonds is 2. The second-order valence-electron chi connectivity index (χ2n) is 5.78. The molecule has 2 aromatic carbocycles. The lowest BCUT2D eigenvalue weighted by atomic mass is 10.1. The van der Waals surface area contributed by atoms with Crippen LogP contribution in [-0.4, -0.2) is 11.5 Å². The van der Waals surface area contributed by atoms with E-state index in [9.17, 15) is 0 Å². The minimum Gasteiger partial charge on any atom is -0.493 e. The molecule has 2 aliphatic heterocycles. The molecule has 4 rings (SSSR count). The third kappa shape index (κ3) is 2.27. The average Bonchev–Trinajstić information content (AvgIpc) is 3.05. The average molecular weight is 301 g/mol. The highest BCUT2D eigenvalue weighted by molar-refractivity contribution is 6.30. The number of benzene rings is 2. The molecule has 2 aliphatic rings. The van der Waals surface area contributed by atoms with E-state index in [2.05, 4.69) is 11.0 Å². The zero-order valence-corrected chi connectivity index (χ0v) is 12.5. The predicted octanol–water partition coefficient (Wildman–Crippen LogP) is 3.37. The summed E-state index contributed by atoms with van der Waals surface area (Å²) in [4.78, 5) is 2.38. The van der Waals surface area contributed by atoms with Gasteiger partial charge in [-0.15, -0.1) is 0 Å². The fourth-order valence-corrected chi connectivity index (χ4v) is 3.60. The molecular formula is C17H17ClN2O. The van der Waals surface area contributed by atoms with E-state index in [-0.39, 0.29) is 0 Å². The van der Waals surface area contributed by atoms with Gasteiger partial charge in [-0.1, -0.05) is 23.7 Å². The topological polar surface area (TPSA) is 38.5 Å². The van der Waals surface area contributed by atoms with Gasteiger partial charge in [0.1, 0.15) is 5.75 Å². The molecule has 0 fully saturated rings. The smallest absolute Gasteiger partial charge is 0.127 e. The Morgan fingerprint density at radius 3 is 2.95 bits per heavy atom. The molecule has 0 atom stereocenters. The summed E-state index contributed by atoms with van der Waals surface area (Å²) in [6.07, 6.45) is 0.954. The van der Waals surface area contributed by atoms with E-state index >= 15 is 0 Å². The van der Waals surface area contributed by atoms with Crippen molar-refractivity contribution in [2.24, 2.45) is 0 Å². The van der Waals surface area contributed by atoms with E-state index in [1.807, 2.05) is 24.3 Å². The lowest BCUT2D eigenvalue weighted by molar-refractivity contribution is 0.268. The largest absolute Gasteiger partial charge is 0.493 e. The Hall–Kier alpha value is -1.71. The summed E-state index contributed by atoms with van der Waals surface area (Å²) >= 11 is 6.23. The number of halogens is 1. The van der Waals surface area contributed by atoms with E-state index in [0.29, 0.717) is 0 Å². The number of nitrogens with two attached hydrogens (primary N) is 1. The molecule has 108 valence electrons. The van der Waals surface area contributed by atoms with E-state index in [0.717, 1.165) is 49.1 Å². The van der Waals surface area contributed by atoms with Crippen molar-refractivity contribution in [3.63, 3.8) is 0 Å². The molecule has 2 aromatic rings. The monoisotopic (exact) mass is 300 g/mol. The Bertz CT molecular complexity index is 714. The summed E-state index contributed by atoms with van der Waals surface area (Å²) in [6, 6.07) is 10.2. The van der Waals surface area contributed by atoms with Crippen LogP contribution < -0.4 is 10.5 Å². The Morgan fingerprint density at radius 1 is 1.19 bits per heavy atom. The molecule has 0 aromatic heterocycles. The molecule has 2 N–H and O–H groups in total. The third-order valence-corrected chi connectivity index (χ3v) is 4.52. The van der Waals surface area contributed by atoms with Crippen molar-refractivity contribution in [1.82, 2.24) is 4.90 Å². The first kappa shape index (κ1) is 13.0. The highest BCUT2D eigenvalue weighted by Crippen LogP contribution is 2.35. The molecule has 3 nitrogen and oxygen atoms in total. The molecule has 0 amide bonds. The lowest BCUT2D eigenvalue weighted by Gasteiger charge is -2.17. The molecule has 0 spiro atoms. The van der Waals surface area contributed by atoms with Gasteiger partial charge in [0, 0.05) is 42.3 Å². The van der Waals surface area contributed by atoms with Crippen molar-refractivity contribution in [2.75, 3.05) is 12.3 Å². The number of nitrogen functional groups attached to an aromatic ring is 1. The van der Waals surface area contributed by atoms with Crippen molar-refractivity contribution in [3.05, 3.63) is 57.6 Å². The van der Waals surface area contributed by atoms with Crippen LogP contribution >= 0.6 is 11.6 Å². The maximum absolute atomic E-state index is 6.23. The summed E-state index contributed by atoms with van der Waals surface area (Å²) in [5, 5.41) is 0.797. The van der Waals surface area contributed by atoms with E-state index < -0.39 is 0 Å². The Balaban J connectivity index is 1.60. The van der Waals surface area contributed by atoms with Gasteiger partial charge in [-0.05, 0) is 34.9 Å². The minimum atomic E-state index is 0.760. The number of ether oxygens (including phenoxy) is 1. The number of nitrogens with zero attached hydrogens (tertiary/aromatic N) is 1. The number of hydrogen-bond donors (Lipinski definition) is 1. The first-order chi connectivity index (χ1) is 10.2. The maximum atomic E-state index is 6.23. The molecule has 0 bridgehead atoms. The molecular weight excluding hydrogens is 284 g/mol. The van der Waals surface area contributed by atoms with Crippen LogP contribution in [0, 0.1) is 0 Å². The molecule has 21 heavy (non-hydrogen) atoms. The third-order valence-electron chi connectivity index (χ3n) is 4.30. The van der Waals surface area contributed by atoms with E-state index in [4.69, 9.17) is 22.1 Å². The lowest BCUT2D eigenvalue weighted by Crippen LogP contribution is -2.16. The van der Waals surface area contributed by atoms with Crippen molar-refractivity contribution in [2.45, 2.75) is 26.1 Å². The van der Waals surface area contributed by atoms with Crippen LogP contribution in [0.15, 0.2) is 30.3 Å². The SMILES string of the molecule is Nc1cccc2c1CN(Cc1cc(Cl)cc3c1OCC3)C2. The molecule has 0 saturated carbocycles. The van der Waals surface area contributed by atoms with Crippen LogP contribution in [0.5, 0.6) is 5.75 Å². The van der Waals surface area contributed by atoms with Gasteiger partial charge in [0.2, 0.25) is 0 Å². The second kappa shape index (κ2) is 4.93. The van der Waals surface area contributed by atoms with Gasteiger partial charge < -0.3 is 10.5 Å². The van der Waals surface area contributed by atoms with Crippen LogP contribution in [0.4, 0.5) is 5.69 Å². The van der Waals surface area contributed by atoms with Crippen LogP contribution in [-0.2, 0) is 26.1 Å². The Labute approximate surface area is 129 Å². The van der Waals surface area contributed by atoms with Crippen LogP contribution in [0.25, 0.3) is 0 Å². The maximum Gasteiger partial charge on any atom is 0.127 e. The van der Waals surface area contributed by atoms with Crippen molar-refractivity contribution in [3.8, 4) is 5.75 Å². The van der Waals surface area contributed by atoms with Gasteiger partial charge >= 0.3 is 0 Å². The molecule has 0 saturated heterocycles. The van der Waals surface area contributed by atoms with E-state index in [1.54, 1.807) is 0 Å². The predicted molar refractivity (Wildman–Crippen MR) is 84.5 cm³/mol. The Kier molecular flexibility index (Phi) is 3.05. The van der Waals surface area contributed by atoms with Crippen molar-refractivity contribution < 1.29 is 4.74 Å². The number of hydrogen-bond acceptors (Lipinski definition) is 3. The first-order valence-corrected chi connectivity index (χ1v) is 7.61. The molecule has 4 heteroatoms. The van der Waals surface area contributed by atoms with E-state index in [1.165, 1.54) is 22.3 Å². The number of fused-ring (bicyclic) bond motifs is 2. The Morgan fingerprint density at radius 2 is 2.10 bits per heavy atom. The first-order valence-electron chi connectivity index (χ1n) is 7.23. The second-order valence-corrected chi connectivity index (χ2v) is 6.22. The highest BCUT2D eigenvalue weighted by Gasteiger charge is 2.24. The molecule has 0 aliphatic carbocycles. The standard InChI is InChI=1S/C17H17ClN2O/c18-14-6-11-4-5-21-17(11)13(7-14)9-20-8-12-2-1-3-16(19)15(12)10-20/h1-3,6-7H,4-5,8-10,19H2. The number of anilines is 1. The normalized spacial score (nSPS) is 16.6. The fourth-order valence-electron chi connectivity index (χ4n) is 3.33. The molecule has 0 unspecified atom stereocenters. The van der Waals surface area contributed by atoms with Gasteiger partial charge in [-0.2, -0.15) is 0 Å². The summed E-state index contributed by atoms with van der Waals surface area (Å²) in [6.45, 7) is 3.43. The summed E-state index contributed by atoms with van der Waals surface area (Å²) in [5.74, 6) is 1.03. The zero-order valence-electron chi connectivity index (χ0n) is 11.7. The van der Waals surface area contributed by atoms with Gasteiger partial charge in [-0.3, -0.25) is 4.90 Å². The van der Waals surface area contributed by atoms with Crippen molar-refractivity contribution >= 4 is 17.3 Å². The van der Waals surface area contributed by atoms with Crippen LogP contribution in [0.2, 0.25) is 5.02 Å². The quantitative estimate of drug-likeness (QED) is 0.864. The van der Waals surface area contributed by atoms with Crippen LogP contribution in [0.1, 0.15) is 22.3 Å².